The minimum absolute atomic E-state index is 0.171. The average molecular weight is 605 g/mol. The van der Waals surface area contributed by atoms with Gasteiger partial charge in [-0.05, 0) is 48.9 Å². The molecule has 2 heterocycles. The van der Waals surface area contributed by atoms with Crippen LogP contribution in [0.25, 0.3) is 22.8 Å². The van der Waals surface area contributed by atoms with Crippen molar-refractivity contribution in [3.05, 3.63) is 101 Å². The Morgan fingerprint density at radius 2 is 1.55 bits per heavy atom. The number of ether oxygens (including phenoxy) is 2. The van der Waals surface area contributed by atoms with Crippen LogP contribution >= 0.6 is 11.3 Å². The van der Waals surface area contributed by atoms with Crippen molar-refractivity contribution in [3.63, 3.8) is 0 Å². The number of benzene rings is 3. The molecule has 0 radical (unpaired) electrons. The fourth-order valence-corrected chi connectivity index (χ4v) is 4.62. The van der Waals surface area contributed by atoms with Crippen LogP contribution in [0.5, 0.6) is 11.5 Å². The summed E-state index contributed by atoms with van der Waals surface area (Å²) in [6, 6.07) is 18.0. The Morgan fingerprint density at radius 1 is 0.857 bits per heavy atom. The first-order valence-electron chi connectivity index (χ1n) is 11.9. The van der Waals surface area contributed by atoms with Crippen LogP contribution in [0, 0.1) is 6.92 Å². The highest BCUT2D eigenvalue weighted by Crippen LogP contribution is 2.29. The Balaban J connectivity index is 1.31. The van der Waals surface area contributed by atoms with Crippen molar-refractivity contribution < 1.29 is 35.8 Å². The van der Waals surface area contributed by atoms with E-state index in [0.717, 1.165) is 0 Å². The summed E-state index contributed by atoms with van der Waals surface area (Å²) >= 11 is 1.21. The molecule has 0 aliphatic heterocycles. The Bertz CT molecular complexity index is 1770. The number of para-hydroxylation sites is 2. The second-order valence-corrected chi connectivity index (χ2v) is 9.37. The summed E-state index contributed by atoms with van der Waals surface area (Å²) in [4.78, 5) is 4.59. The van der Waals surface area contributed by atoms with Crippen LogP contribution in [0.3, 0.4) is 0 Å². The molecular formula is C27H18F6N6O2S. The topological polar surface area (TPSA) is 78.8 Å². The second-order valence-electron chi connectivity index (χ2n) is 8.53. The van der Waals surface area contributed by atoms with Gasteiger partial charge < -0.3 is 9.47 Å². The number of thiazole rings is 1. The van der Waals surface area contributed by atoms with Crippen molar-refractivity contribution in [1.29, 1.82) is 0 Å². The van der Waals surface area contributed by atoms with Gasteiger partial charge in [0.1, 0.15) is 12.1 Å². The van der Waals surface area contributed by atoms with Crippen LogP contribution < -0.4 is 14.3 Å². The van der Waals surface area contributed by atoms with Gasteiger partial charge in [-0.15, -0.1) is 47.9 Å². The van der Waals surface area contributed by atoms with Crippen molar-refractivity contribution in [2.45, 2.75) is 19.6 Å². The zero-order valence-corrected chi connectivity index (χ0v) is 22.2. The van der Waals surface area contributed by atoms with E-state index >= 15 is 0 Å². The number of hydrogen-bond acceptors (Lipinski definition) is 7. The van der Waals surface area contributed by atoms with E-state index in [9.17, 15) is 26.3 Å². The van der Waals surface area contributed by atoms with Crippen LogP contribution in [0.4, 0.5) is 26.3 Å². The molecule has 15 heteroatoms. The van der Waals surface area contributed by atoms with Gasteiger partial charge in [-0.1, -0.05) is 36.4 Å². The van der Waals surface area contributed by atoms with Gasteiger partial charge in [-0.2, -0.15) is 5.10 Å². The maximum Gasteiger partial charge on any atom is 0.573 e. The van der Waals surface area contributed by atoms with E-state index in [-0.39, 0.29) is 17.2 Å². The lowest BCUT2D eigenvalue weighted by molar-refractivity contribution is -0.275. The molecule has 3 aromatic carbocycles. The molecule has 8 nitrogen and oxygen atoms in total. The van der Waals surface area contributed by atoms with Crippen LogP contribution in [-0.2, 0) is 0 Å². The Kier molecular flexibility index (Phi) is 7.85. The molecule has 0 N–H and O–H groups in total. The van der Waals surface area contributed by atoms with Gasteiger partial charge >= 0.3 is 12.7 Å². The number of halogens is 6. The number of alkyl halides is 6. The van der Waals surface area contributed by atoms with Crippen molar-refractivity contribution in [3.8, 4) is 34.3 Å². The summed E-state index contributed by atoms with van der Waals surface area (Å²) in [6.07, 6.45) is -6.72. The van der Waals surface area contributed by atoms with Crippen LogP contribution in [0.2, 0.25) is 0 Å². The number of hydrogen-bond donors (Lipinski definition) is 0. The number of rotatable bonds is 7. The van der Waals surface area contributed by atoms with Gasteiger partial charge in [0.25, 0.3) is 0 Å². The predicted octanol–water partition coefficient (Wildman–Crippen LogP) is 6.83. The molecule has 0 spiro atoms. The summed E-state index contributed by atoms with van der Waals surface area (Å²) in [5.74, 6) is -0.329. The highest BCUT2D eigenvalue weighted by Gasteiger charge is 2.32. The van der Waals surface area contributed by atoms with Crippen LogP contribution in [0.15, 0.2) is 94.7 Å². The largest absolute Gasteiger partial charge is 0.573 e. The number of aromatic nitrogens is 4. The van der Waals surface area contributed by atoms with E-state index in [4.69, 9.17) is 0 Å². The van der Waals surface area contributed by atoms with Gasteiger partial charge in [0.05, 0.1) is 17.6 Å². The van der Waals surface area contributed by atoms with Gasteiger partial charge in [-0.25, -0.2) is 9.67 Å². The fourth-order valence-electron chi connectivity index (χ4n) is 3.79. The van der Waals surface area contributed by atoms with Crippen molar-refractivity contribution in [1.82, 2.24) is 19.3 Å². The highest BCUT2D eigenvalue weighted by molar-refractivity contribution is 7.07. The minimum atomic E-state index is -4.85. The van der Waals surface area contributed by atoms with Crippen molar-refractivity contribution >= 4 is 17.6 Å². The third-order valence-corrected chi connectivity index (χ3v) is 6.49. The predicted molar refractivity (Wildman–Crippen MR) is 142 cm³/mol. The summed E-state index contributed by atoms with van der Waals surface area (Å²) in [6.45, 7) is 1.73. The van der Waals surface area contributed by atoms with E-state index in [2.05, 4.69) is 29.8 Å². The zero-order chi connectivity index (χ0) is 29.9. The van der Waals surface area contributed by atoms with Crippen molar-refractivity contribution in [2.24, 2.45) is 10.2 Å². The summed E-state index contributed by atoms with van der Waals surface area (Å²) in [5.41, 5.74) is 2.66. The molecule has 0 bridgehead atoms. The molecule has 0 aliphatic carbocycles. The van der Waals surface area contributed by atoms with Gasteiger partial charge in [0.15, 0.2) is 11.6 Å². The van der Waals surface area contributed by atoms with Crippen LogP contribution in [-0.4, -0.2) is 38.3 Å². The van der Waals surface area contributed by atoms with E-state index < -0.39 is 12.7 Å². The molecule has 0 saturated heterocycles. The second kappa shape index (κ2) is 11.5. The molecule has 0 fully saturated rings. The monoisotopic (exact) mass is 604 g/mol. The summed E-state index contributed by atoms with van der Waals surface area (Å²) < 4.78 is 86.8. The maximum absolute atomic E-state index is 12.9. The fraction of sp³-hybridized carbons (Fsp3) is 0.111. The molecule has 5 aromatic rings. The molecule has 0 atom stereocenters. The Hall–Kier alpha value is -4.92. The number of aryl methyl sites for hydroxylation is 1. The smallest absolute Gasteiger partial charge is 0.406 e. The third-order valence-electron chi connectivity index (χ3n) is 5.56. The van der Waals surface area contributed by atoms with E-state index in [0.29, 0.717) is 33.1 Å². The Morgan fingerprint density at radius 3 is 2.24 bits per heavy atom. The molecule has 5 rings (SSSR count). The summed E-state index contributed by atoms with van der Waals surface area (Å²) in [7, 11) is 0. The SMILES string of the molecule is Cc1csc(=NN=Cc2ccc(-c3ncn(-c4ccc(OC(F)(F)F)cc4)n3)cc2)n1-c1ccccc1OC(F)(F)F. The lowest BCUT2D eigenvalue weighted by atomic mass is 10.1. The number of nitrogens with zero attached hydrogens (tertiary/aromatic N) is 6. The first kappa shape index (κ1) is 28.6. The average Bonchev–Trinajstić information content (AvgIpc) is 3.55. The normalized spacial score (nSPS) is 12.7. The summed E-state index contributed by atoms with van der Waals surface area (Å²) in [5, 5.41) is 14.4. The first-order chi connectivity index (χ1) is 19.9. The van der Waals surface area contributed by atoms with Gasteiger partial charge in [0, 0.05) is 16.6 Å². The lowest BCUT2D eigenvalue weighted by Crippen LogP contribution is -2.20. The lowest BCUT2D eigenvalue weighted by Gasteiger charge is -2.14. The third kappa shape index (κ3) is 7.04. The molecular weight excluding hydrogens is 586 g/mol. The zero-order valence-electron chi connectivity index (χ0n) is 21.3. The maximum atomic E-state index is 12.9. The molecule has 0 amide bonds. The minimum Gasteiger partial charge on any atom is -0.406 e. The molecule has 42 heavy (non-hydrogen) atoms. The standard InChI is InChI=1S/C27H18F6N6O2S/c1-17-15-42-25(39(17)22-4-2-3-5-23(22)41-27(31,32)33)36-35-14-18-6-8-19(9-7-18)24-34-16-38(37-24)20-10-12-21(13-11-20)40-26(28,29)30/h2-16H,1H3. The van der Waals surface area contributed by atoms with Crippen LogP contribution in [0.1, 0.15) is 11.3 Å². The van der Waals surface area contributed by atoms with Crippen molar-refractivity contribution in [2.75, 3.05) is 0 Å². The quantitative estimate of drug-likeness (QED) is 0.116. The molecule has 216 valence electrons. The van der Waals surface area contributed by atoms with Gasteiger partial charge in [0.2, 0.25) is 4.80 Å². The molecule has 0 unspecified atom stereocenters. The van der Waals surface area contributed by atoms with E-state index in [1.165, 1.54) is 75.6 Å². The molecule has 2 aromatic heterocycles. The first-order valence-corrected chi connectivity index (χ1v) is 12.8. The Labute approximate surface area is 237 Å². The highest BCUT2D eigenvalue weighted by atomic mass is 32.1. The van der Waals surface area contributed by atoms with E-state index in [1.807, 2.05) is 0 Å². The van der Waals surface area contributed by atoms with Gasteiger partial charge in [-0.3, -0.25) is 4.57 Å². The molecule has 0 aliphatic rings. The van der Waals surface area contributed by atoms with E-state index in [1.54, 1.807) is 42.6 Å². The molecule has 0 saturated carbocycles.